The molecule has 4 aromatic rings. The number of carbonyl (C=O) groups is 2. The summed E-state index contributed by atoms with van der Waals surface area (Å²) in [5.74, 6) is -0.278. The van der Waals surface area contributed by atoms with E-state index in [0.717, 1.165) is 58.4 Å². The van der Waals surface area contributed by atoms with Gasteiger partial charge in [-0.15, -0.1) is 0 Å². The van der Waals surface area contributed by atoms with Crippen LogP contribution in [0, 0.1) is 21.7 Å². The van der Waals surface area contributed by atoms with Gasteiger partial charge in [-0.05, 0) is 36.2 Å². The number of rotatable bonds is 13. The maximum atomic E-state index is 13.8. The molecule has 304 valence electrons. The third-order valence-electron chi connectivity index (χ3n) is 12.5. The molecule has 7 rings (SSSR count). The molecule has 5 N–H and O–H groups in total. The average Bonchev–Trinajstić information content (AvgIpc) is 3.58. The number of aromatic carboxylic acids is 1. The van der Waals surface area contributed by atoms with Crippen molar-refractivity contribution in [3.63, 3.8) is 0 Å². The van der Waals surface area contributed by atoms with E-state index < -0.39 is 13.5 Å². The second-order valence-corrected chi connectivity index (χ2v) is 22.1. The molecule has 0 saturated carbocycles. The van der Waals surface area contributed by atoms with Gasteiger partial charge in [0.15, 0.2) is 5.13 Å². The number of thiazole rings is 1. The Hall–Kier alpha value is -4.42. The molecule has 57 heavy (non-hydrogen) atoms. The fourth-order valence-corrected chi connectivity index (χ4v) is 18.2. The molecular weight excluding hydrogens is 758 g/mol. The first-order chi connectivity index (χ1) is 27.1. The number of anilines is 2. The monoisotopic (exact) mass is 813 g/mol. The van der Waals surface area contributed by atoms with Gasteiger partial charge in [-0.3, -0.25) is 10.1 Å². The molecule has 0 radical (unpaired) electrons. The van der Waals surface area contributed by atoms with Crippen molar-refractivity contribution < 1.29 is 24.1 Å². The third-order valence-corrected chi connectivity index (χ3v) is 18.6. The predicted octanol–water partition coefficient (Wildman–Crippen LogP) is 8.24. The average molecular weight is 814 g/mol. The predicted molar refractivity (Wildman–Crippen MR) is 233 cm³/mol. The number of carboxylic acid groups (broad SMARTS) is 1. The van der Waals surface area contributed by atoms with Gasteiger partial charge in [0.05, 0.1) is 17.3 Å². The SMILES string of the molecule is CCC1(C)CC2(C)CC(C)(CN/C(C)=C(\C=N)c3ccc(N4CCc5c(OC)ccc(C(=O)Nc6nc7ccccc7s6)c5C4)nc3C(=O)O)C[PH](ONC)(C1)C2. The van der Waals surface area contributed by atoms with Crippen molar-refractivity contribution in [2.45, 2.75) is 66.8 Å². The Morgan fingerprint density at radius 3 is 2.46 bits per heavy atom. The van der Waals surface area contributed by atoms with Crippen LogP contribution >= 0.6 is 18.8 Å². The first-order valence-corrected chi connectivity index (χ1v) is 23.1. The van der Waals surface area contributed by atoms with E-state index in [1.54, 1.807) is 19.2 Å². The van der Waals surface area contributed by atoms with Crippen LogP contribution in [0.1, 0.15) is 91.4 Å². The van der Waals surface area contributed by atoms with Crippen LogP contribution < -0.4 is 25.8 Å². The van der Waals surface area contributed by atoms with Gasteiger partial charge < -0.3 is 4.74 Å². The summed E-state index contributed by atoms with van der Waals surface area (Å²) in [4.78, 5) is 37.9. The van der Waals surface area contributed by atoms with Crippen molar-refractivity contribution in [1.29, 1.82) is 5.41 Å². The van der Waals surface area contributed by atoms with Crippen molar-refractivity contribution in [1.82, 2.24) is 20.8 Å². The molecule has 5 heterocycles. The zero-order valence-electron chi connectivity index (χ0n) is 34.1. The summed E-state index contributed by atoms with van der Waals surface area (Å²) >= 11 is 1.42. The molecule has 0 aliphatic carbocycles. The summed E-state index contributed by atoms with van der Waals surface area (Å²) in [6.07, 6.45) is 8.51. The summed E-state index contributed by atoms with van der Waals surface area (Å²) in [6, 6.07) is 14.9. The van der Waals surface area contributed by atoms with E-state index in [1.807, 2.05) is 55.3 Å². The van der Waals surface area contributed by atoms with Gasteiger partial charge in [0.2, 0.25) is 0 Å². The number of amides is 1. The molecule has 2 aromatic heterocycles. The molecule has 3 aliphatic rings. The van der Waals surface area contributed by atoms with E-state index in [-0.39, 0.29) is 27.8 Å². The Kier molecular flexibility index (Phi) is 11.3. The quantitative estimate of drug-likeness (QED) is 0.0505. The summed E-state index contributed by atoms with van der Waals surface area (Å²) in [7, 11) is 1.39. The zero-order valence-corrected chi connectivity index (χ0v) is 35.9. The van der Waals surface area contributed by atoms with E-state index >= 15 is 0 Å². The maximum absolute atomic E-state index is 13.8. The van der Waals surface area contributed by atoms with Gasteiger partial charge in [0, 0.05) is 11.1 Å². The van der Waals surface area contributed by atoms with E-state index in [9.17, 15) is 14.7 Å². The van der Waals surface area contributed by atoms with Crippen LogP contribution in [-0.2, 0) is 17.6 Å². The van der Waals surface area contributed by atoms with Crippen molar-refractivity contribution >= 4 is 63.7 Å². The molecule has 2 fully saturated rings. The van der Waals surface area contributed by atoms with Gasteiger partial charge in [0.1, 0.15) is 5.75 Å². The van der Waals surface area contributed by atoms with E-state index in [1.165, 1.54) is 24.0 Å². The number of nitrogens with zero attached hydrogens (tertiary/aromatic N) is 3. The Labute approximate surface area is 339 Å². The molecular formula is C43H56N7O5PS. The molecule has 2 bridgehead atoms. The Bertz CT molecular complexity index is 2230. The summed E-state index contributed by atoms with van der Waals surface area (Å²) < 4.78 is 13.2. The van der Waals surface area contributed by atoms with Gasteiger partial charge in [-0.25, -0.2) is 4.98 Å². The van der Waals surface area contributed by atoms with Gasteiger partial charge in [-0.2, -0.15) is 0 Å². The summed E-state index contributed by atoms with van der Waals surface area (Å²) in [6.45, 7) is 13.0. The van der Waals surface area contributed by atoms with E-state index in [2.05, 4.69) is 48.8 Å². The number of carbonyl (C=O) groups excluding carboxylic acids is 1. The first kappa shape index (κ1) is 40.8. The molecule has 1 amide bonds. The molecule has 2 aromatic carbocycles. The van der Waals surface area contributed by atoms with Crippen molar-refractivity contribution in [2.75, 3.05) is 55.9 Å². The molecule has 3 atom stereocenters. The van der Waals surface area contributed by atoms with E-state index in [4.69, 9.17) is 19.8 Å². The number of aromatic nitrogens is 2. The Morgan fingerprint density at radius 2 is 1.75 bits per heavy atom. The van der Waals surface area contributed by atoms with Crippen LogP contribution in [0.2, 0.25) is 0 Å². The Balaban J connectivity index is 1.13. The van der Waals surface area contributed by atoms with Crippen LogP contribution in [-0.4, -0.2) is 78.9 Å². The second kappa shape index (κ2) is 15.7. The topological polar surface area (TPSA) is 162 Å². The van der Waals surface area contributed by atoms with Gasteiger partial charge >= 0.3 is 216 Å². The van der Waals surface area contributed by atoms with Crippen molar-refractivity contribution in [3.05, 3.63) is 82.2 Å². The normalized spacial score (nSPS) is 24.9. The number of hydrogen-bond donors (Lipinski definition) is 5. The number of nitrogens with one attached hydrogen (secondary N) is 4. The van der Waals surface area contributed by atoms with Crippen LogP contribution in [0.25, 0.3) is 15.8 Å². The number of hydroxylamine groups is 1. The summed E-state index contributed by atoms with van der Waals surface area (Å²) in [5.41, 5.74) is 8.03. The molecule has 0 spiro atoms. The molecule has 3 unspecified atom stereocenters. The van der Waals surface area contributed by atoms with Crippen LogP contribution in [0.15, 0.2) is 54.2 Å². The number of para-hydroxylation sites is 1. The number of ether oxygens (including phenoxy) is 1. The molecule has 2 saturated heterocycles. The first-order valence-electron chi connectivity index (χ1n) is 19.8. The Morgan fingerprint density at radius 1 is 1.02 bits per heavy atom. The van der Waals surface area contributed by atoms with Crippen molar-refractivity contribution in [3.8, 4) is 5.75 Å². The number of methoxy groups -OCH3 is 1. The number of pyridine rings is 1. The van der Waals surface area contributed by atoms with Crippen LogP contribution in [0.3, 0.4) is 0 Å². The van der Waals surface area contributed by atoms with Gasteiger partial charge in [-0.1, -0.05) is 23.5 Å². The fraction of sp³-hybridized carbons (Fsp3) is 0.465. The minimum absolute atomic E-state index is 0.0331. The number of allylic oxidation sites excluding steroid dienone is 2. The van der Waals surface area contributed by atoms with Crippen molar-refractivity contribution in [2.24, 2.45) is 16.2 Å². The second-order valence-electron chi connectivity index (χ2n) is 17.5. The molecule has 12 nitrogen and oxygen atoms in total. The van der Waals surface area contributed by atoms with E-state index in [0.29, 0.717) is 59.5 Å². The van der Waals surface area contributed by atoms with Crippen LogP contribution in [0.5, 0.6) is 5.75 Å². The standard InChI is InChI=1S/C43H56N7O5PS/c1-8-41(3)21-42(4)22-43(5,26-56(24-41,25-42)55-45-6)23-46-27(2)31(19-44)29-14-16-36(48-37(29)39(52)53)50-18-17-28-32(20-50)30(13-15-34(28)54-7)38(51)49-40-47-33-11-9-10-12-35(33)57-40/h9-16,19,44-46,56H,8,17-18,20-26H2,1-7H3,(H,52,53)(H,47,49,51)/b31-27+,44-19?. The van der Waals surface area contributed by atoms with Gasteiger partial charge in [0.25, 0.3) is 5.91 Å². The minimum atomic E-state index is -2.11. The number of fused-ring (bicyclic) bond motifs is 4. The zero-order chi connectivity index (χ0) is 40.8. The number of carboxylic acids is 1. The number of benzene rings is 2. The molecule has 3 aliphatic heterocycles. The number of hydrogen-bond acceptors (Lipinski definition) is 11. The fourth-order valence-electron chi connectivity index (χ4n) is 10.8. The molecule has 14 heteroatoms. The third kappa shape index (κ3) is 8.17. The summed E-state index contributed by atoms with van der Waals surface area (Å²) in [5, 5.41) is 26.1. The van der Waals surface area contributed by atoms with Crippen LogP contribution in [0.4, 0.5) is 10.9 Å².